The highest BCUT2D eigenvalue weighted by atomic mass is 19.4. The first-order valence-electron chi connectivity index (χ1n) is 11.2. The van der Waals surface area contributed by atoms with Gasteiger partial charge in [-0.2, -0.15) is 26.3 Å². The van der Waals surface area contributed by atoms with E-state index in [1.165, 1.54) is 12.1 Å². The zero-order chi connectivity index (χ0) is 26.4. The van der Waals surface area contributed by atoms with Gasteiger partial charge in [0.25, 0.3) is 0 Å². The molecular weight excluding hydrogens is 486 g/mol. The van der Waals surface area contributed by atoms with Gasteiger partial charge in [-0.1, -0.05) is 6.58 Å². The second kappa shape index (κ2) is 9.14. The van der Waals surface area contributed by atoms with Crippen LogP contribution in [-0.2, 0) is 6.18 Å². The minimum atomic E-state index is -4.69. The number of aryl methyl sites for hydroxylation is 1. The summed E-state index contributed by atoms with van der Waals surface area (Å²) in [6, 6.07) is 3.76. The number of nitrogens with two attached hydrogens (primary N) is 1. The molecule has 4 rings (SSSR count). The molecule has 0 radical (unpaired) electrons. The van der Waals surface area contributed by atoms with Crippen LogP contribution in [0, 0.1) is 6.92 Å². The highest BCUT2D eigenvalue weighted by Crippen LogP contribution is 2.40. The largest absolute Gasteiger partial charge is 0.416 e. The molecule has 192 valence electrons. The Morgan fingerprint density at radius 1 is 1.03 bits per heavy atom. The number of allylic oxidation sites excluding steroid dienone is 1. The maximum absolute atomic E-state index is 13.7. The highest BCUT2D eigenvalue weighted by molar-refractivity contribution is 5.93. The van der Waals surface area contributed by atoms with E-state index < -0.39 is 29.5 Å². The Labute approximate surface area is 203 Å². The Balaban J connectivity index is 1.82. The van der Waals surface area contributed by atoms with Gasteiger partial charge >= 0.3 is 12.4 Å². The first kappa shape index (κ1) is 25.5. The summed E-state index contributed by atoms with van der Waals surface area (Å²) in [5, 5.41) is 3.19. The number of fused-ring (bicyclic) bond motifs is 1. The van der Waals surface area contributed by atoms with E-state index in [1.807, 2.05) is 0 Å². The number of nitrogen functional groups attached to an aromatic ring is 1. The van der Waals surface area contributed by atoms with Crippen LogP contribution in [0.4, 0.5) is 43.7 Å². The lowest BCUT2D eigenvalue weighted by Gasteiger charge is -2.23. The van der Waals surface area contributed by atoms with Crippen LogP contribution in [0.15, 0.2) is 30.8 Å². The second-order valence-corrected chi connectivity index (χ2v) is 8.77. The topological polar surface area (TPSA) is 80.0 Å². The average Bonchev–Trinajstić information content (AvgIpc) is 3.31. The smallest absolute Gasteiger partial charge is 0.399 e. The average molecular weight is 510 g/mol. The van der Waals surface area contributed by atoms with Gasteiger partial charge in [0.2, 0.25) is 0 Å². The molecule has 0 amide bonds. The van der Waals surface area contributed by atoms with Crippen molar-refractivity contribution in [2.24, 2.45) is 0 Å². The van der Waals surface area contributed by atoms with E-state index in [-0.39, 0.29) is 39.5 Å². The number of hydrogen-bond acceptors (Lipinski definition) is 6. The van der Waals surface area contributed by atoms with Gasteiger partial charge in [0.15, 0.2) is 5.65 Å². The Hall–Kier alpha value is -3.57. The summed E-state index contributed by atoms with van der Waals surface area (Å²) in [6.07, 6.45) is -7.63. The van der Waals surface area contributed by atoms with Crippen molar-refractivity contribution in [3.63, 3.8) is 0 Å². The molecule has 36 heavy (non-hydrogen) atoms. The molecule has 1 fully saturated rings. The second-order valence-electron chi connectivity index (χ2n) is 8.77. The molecule has 0 bridgehead atoms. The Morgan fingerprint density at radius 2 is 1.69 bits per heavy atom. The molecule has 1 aliphatic rings. The van der Waals surface area contributed by atoms with Gasteiger partial charge in [0, 0.05) is 24.3 Å². The lowest BCUT2D eigenvalue weighted by molar-refractivity contribution is -0.137. The van der Waals surface area contributed by atoms with Crippen molar-refractivity contribution in [1.82, 2.24) is 15.0 Å². The Morgan fingerprint density at radius 3 is 2.31 bits per heavy atom. The zero-order valence-electron chi connectivity index (χ0n) is 19.6. The van der Waals surface area contributed by atoms with E-state index in [9.17, 15) is 26.3 Å². The van der Waals surface area contributed by atoms with Crippen LogP contribution in [-0.4, -0.2) is 34.2 Å². The normalized spacial score (nSPS) is 15.4. The fourth-order valence-corrected chi connectivity index (χ4v) is 4.19. The quantitative estimate of drug-likeness (QED) is 0.311. The number of rotatable bonds is 5. The summed E-state index contributed by atoms with van der Waals surface area (Å²) in [4.78, 5) is 14.8. The predicted molar refractivity (Wildman–Crippen MR) is 127 cm³/mol. The van der Waals surface area contributed by atoms with Gasteiger partial charge in [-0.05, 0) is 56.5 Å². The van der Waals surface area contributed by atoms with E-state index in [0.717, 1.165) is 25.0 Å². The van der Waals surface area contributed by atoms with Crippen molar-refractivity contribution < 1.29 is 26.3 Å². The van der Waals surface area contributed by atoms with Crippen LogP contribution in [0.2, 0.25) is 0 Å². The monoisotopic (exact) mass is 510 g/mol. The molecule has 0 unspecified atom stereocenters. The number of halogens is 6. The summed E-state index contributed by atoms with van der Waals surface area (Å²) < 4.78 is 80.8. The molecular formula is C24H24F6N6. The molecule has 1 atom stereocenters. The summed E-state index contributed by atoms with van der Waals surface area (Å²) in [5.74, 6) is 0.575. The summed E-state index contributed by atoms with van der Waals surface area (Å²) in [5.41, 5.74) is 3.86. The number of nitrogens with one attached hydrogen (secondary N) is 1. The first-order chi connectivity index (χ1) is 16.7. The number of benzene rings is 1. The van der Waals surface area contributed by atoms with Crippen molar-refractivity contribution in [2.75, 3.05) is 29.0 Å². The van der Waals surface area contributed by atoms with E-state index in [1.54, 1.807) is 18.7 Å². The molecule has 3 aromatic rings. The van der Waals surface area contributed by atoms with Crippen LogP contribution in [0.25, 0.3) is 16.6 Å². The SMILES string of the molecule is C=C(c1cc2c(N[C@H](C)c3cc(N)cc(C(F)(F)F)c3)nc(C)nc2nc1N1CCCC1)C(F)(F)F. The molecule has 0 saturated carbocycles. The van der Waals surface area contributed by atoms with Gasteiger partial charge in [0.05, 0.1) is 22.6 Å². The molecule has 0 spiro atoms. The van der Waals surface area contributed by atoms with E-state index >= 15 is 0 Å². The molecule has 3 N–H and O–H groups in total. The molecule has 2 aromatic heterocycles. The van der Waals surface area contributed by atoms with Gasteiger partial charge < -0.3 is 16.0 Å². The van der Waals surface area contributed by atoms with Gasteiger partial charge in [0.1, 0.15) is 17.5 Å². The number of aromatic nitrogens is 3. The molecule has 1 aliphatic heterocycles. The summed E-state index contributed by atoms with van der Waals surface area (Å²) in [7, 11) is 0. The van der Waals surface area contributed by atoms with Crippen LogP contribution >= 0.6 is 0 Å². The van der Waals surface area contributed by atoms with Crippen molar-refractivity contribution in [1.29, 1.82) is 0 Å². The molecule has 1 aromatic carbocycles. The van der Waals surface area contributed by atoms with Crippen LogP contribution < -0.4 is 16.0 Å². The number of hydrogen-bond donors (Lipinski definition) is 2. The van der Waals surface area contributed by atoms with Crippen molar-refractivity contribution >= 4 is 33.9 Å². The Kier molecular flexibility index (Phi) is 6.48. The number of anilines is 3. The van der Waals surface area contributed by atoms with Gasteiger partial charge in [-0.3, -0.25) is 0 Å². The number of pyridine rings is 1. The third-order valence-corrected chi connectivity index (χ3v) is 6.01. The highest BCUT2D eigenvalue weighted by Gasteiger charge is 2.36. The summed E-state index contributed by atoms with van der Waals surface area (Å²) in [6.45, 7) is 7.56. The number of nitrogens with zero attached hydrogens (tertiary/aromatic N) is 4. The van der Waals surface area contributed by atoms with E-state index in [4.69, 9.17) is 5.73 Å². The minimum absolute atomic E-state index is 0.0714. The van der Waals surface area contributed by atoms with Gasteiger partial charge in [-0.25, -0.2) is 15.0 Å². The van der Waals surface area contributed by atoms with Crippen molar-refractivity contribution in [2.45, 2.75) is 45.1 Å². The minimum Gasteiger partial charge on any atom is -0.399 e. The molecule has 1 saturated heterocycles. The third-order valence-electron chi connectivity index (χ3n) is 6.01. The fraction of sp³-hybridized carbons (Fsp3) is 0.375. The molecule has 0 aliphatic carbocycles. The van der Waals surface area contributed by atoms with Crippen LogP contribution in [0.1, 0.15) is 48.3 Å². The van der Waals surface area contributed by atoms with Gasteiger partial charge in [-0.15, -0.1) is 0 Å². The van der Waals surface area contributed by atoms with E-state index in [0.29, 0.717) is 18.9 Å². The molecule has 12 heteroatoms. The molecule has 3 heterocycles. The fourth-order valence-electron chi connectivity index (χ4n) is 4.19. The maximum atomic E-state index is 13.7. The van der Waals surface area contributed by atoms with Crippen LogP contribution in [0.3, 0.4) is 0 Å². The lowest BCUT2D eigenvalue weighted by Crippen LogP contribution is -2.23. The Bertz CT molecular complexity index is 1310. The zero-order valence-corrected chi connectivity index (χ0v) is 19.6. The summed E-state index contributed by atoms with van der Waals surface area (Å²) >= 11 is 0. The molecule has 6 nitrogen and oxygen atoms in total. The number of alkyl halides is 6. The standard InChI is InChI=1S/C24H24F6N6/c1-12(23(25,26)27)18-11-19-20(32-13(2)15-8-16(24(28,29)30)10-17(31)9-15)33-14(3)34-21(19)35-22(18)36-6-4-5-7-36/h8-11,13H,1,4-7,31H2,2-3H3,(H,32,33,34,35)/t13-/m1/s1. The lowest BCUT2D eigenvalue weighted by atomic mass is 10.0. The maximum Gasteiger partial charge on any atom is 0.416 e. The van der Waals surface area contributed by atoms with Crippen molar-refractivity contribution in [3.05, 3.63) is 53.4 Å². The van der Waals surface area contributed by atoms with E-state index in [2.05, 4.69) is 26.8 Å². The van der Waals surface area contributed by atoms with Crippen molar-refractivity contribution in [3.8, 4) is 0 Å². The predicted octanol–water partition coefficient (Wildman–Crippen LogP) is 6.28. The van der Waals surface area contributed by atoms with Crippen LogP contribution in [0.5, 0.6) is 0 Å². The third kappa shape index (κ3) is 5.17. The first-order valence-corrected chi connectivity index (χ1v) is 11.2.